The van der Waals surface area contributed by atoms with Crippen molar-refractivity contribution in [3.8, 4) is 5.69 Å². The summed E-state index contributed by atoms with van der Waals surface area (Å²) in [5.74, 6) is 0.146. The first kappa shape index (κ1) is 20.4. The predicted octanol–water partition coefficient (Wildman–Crippen LogP) is 3.24. The lowest BCUT2D eigenvalue weighted by Gasteiger charge is -2.38. The van der Waals surface area contributed by atoms with Gasteiger partial charge in [-0.05, 0) is 70.6 Å². The van der Waals surface area contributed by atoms with E-state index >= 15 is 0 Å². The van der Waals surface area contributed by atoms with Crippen LogP contribution in [0.15, 0.2) is 29.4 Å². The number of piperidine rings is 1. The molecule has 0 unspecified atom stereocenters. The number of hydrogen-bond donors (Lipinski definition) is 0. The van der Waals surface area contributed by atoms with Gasteiger partial charge in [0.15, 0.2) is 11.8 Å². The molecule has 1 aromatic carbocycles. The Labute approximate surface area is 169 Å². The lowest BCUT2D eigenvalue weighted by Crippen LogP contribution is -2.49. The van der Waals surface area contributed by atoms with Gasteiger partial charge in [-0.25, -0.2) is 4.79 Å². The SMILES string of the molecule is CSc1nnc(C)n1-c1ccc(C(=O)OCC(=O)N2[C@@H](C)CCC[C@@H]2C)cc1. The van der Waals surface area contributed by atoms with Gasteiger partial charge in [0.2, 0.25) is 0 Å². The second-order valence-corrected chi connectivity index (χ2v) is 7.90. The summed E-state index contributed by atoms with van der Waals surface area (Å²) in [7, 11) is 0. The molecule has 1 fully saturated rings. The van der Waals surface area contributed by atoms with Crippen LogP contribution in [0.5, 0.6) is 0 Å². The molecule has 0 bridgehead atoms. The molecule has 28 heavy (non-hydrogen) atoms. The molecular weight excluding hydrogens is 376 g/mol. The number of esters is 1. The van der Waals surface area contributed by atoms with Crippen molar-refractivity contribution in [1.82, 2.24) is 19.7 Å². The van der Waals surface area contributed by atoms with Gasteiger partial charge in [-0.1, -0.05) is 11.8 Å². The number of ether oxygens (including phenoxy) is 1. The number of aromatic nitrogens is 3. The van der Waals surface area contributed by atoms with Crippen LogP contribution in [-0.4, -0.2) is 56.5 Å². The van der Waals surface area contributed by atoms with Gasteiger partial charge in [0.05, 0.1) is 5.56 Å². The van der Waals surface area contributed by atoms with Crippen LogP contribution < -0.4 is 0 Å². The van der Waals surface area contributed by atoms with E-state index in [1.54, 1.807) is 12.1 Å². The van der Waals surface area contributed by atoms with E-state index in [2.05, 4.69) is 10.2 Å². The first-order valence-corrected chi connectivity index (χ1v) is 10.7. The van der Waals surface area contributed by atoms with Gasteiger partial charge in [-0.3, -0.25) is 9.36 Å². The van der Waals surface area contributed by atoms with E-state index in [1.807, 2.05) is 48.6 Å². The fourth-order valence-electron chi connectivity index (χ4n) is 3.72. The van der Waals surface area contributed by atoms with Crippen molar-refractivity contribution in [2.24, 2.45) is 0 Å². The Balaban J connectivity index is 1.63. The Kier molecular flexibility index (Phi) is 6.39. The summed E-state index contributed by atoms with van der Waals surface area (Å²) in [6.07, 6.45) is 5.05. The Hall–Kier alpha value is -2.35. The molecule has 0 radical (unpaired) electrons. The van der Waals surface area contributed by atoms with Crippen molar-refractivity contribution in [2.75, 3.05) is 12.9 Å². The highest BCUT2D eigenvalue weighted by Crippen LogP contribution is 2.23. The zero-order valence-corrected chi connectivity index (χ0v) is 17.5. The molecule has 8 heteroatoms. The molecule has 3 rings (SSSR count). The number of likely N-dealkylation sites (tertiary alicyclic amines) is 1. The van der Waals surface area contributed by atoms with Gasteiger partial charge in [0, 0.05) is 17.8 Å². The minimum absolute atomic E-state index is 0.130. The highest BCUT2D eigenvalue weighted by atomic mass is 32.2. The number of benzene rings is 1. The lowest BCUT2D eigenvalue weighted by atomic mass is 9.97. The van der Waals surface area contributed by atoms with Gasteiger partial charge >= 0.3 is 5.97 Å². The minimum Gasteiger partial charge on any atom is -0.452 e. The zero-order chi connectivity index (χ0) is 20.3. The van der Waals surface area contributed by atoms with E-state index in [0.717, 1.165) is 35.9 Å². The second-order valence-electron chi connectivity index (χ2n) is 7.12. The highest BCUT2D eigenvalue weighted by Gasteiger charge is 2.29. The molecule has 2 aromatic rings. The molecule has 0 saturated carbocycles. The topological polar surface area (TPSA) is 77.3 Å². The van der Waals surface area contributed by atoms with Crippen molar-refractivity contribution in [3.05, 3.63) is 35.7 Å². The van der Waals surface area contributed by atoms with Crippen molar-refractivity contribution in [3.63, 3.8) is 0 Å². The van der Waals surface area contributed by atoms with E-state index in [0.29, 0.717) is 5.56 Å². The molecule has 7 nitrogen and oxygen atoms in total. The molecular formula is C20H26N4O3S. The summed E-state index contributed by atoms with van der Waals surface area (Å²) in [5.41, 5.74) is 1.28. The summed E-state index contributed by atoms with van der Waals surface area (Å²) < 4.78 is 7.19. The molecule has 2 atom stereocenters. The summed E-state index contributed by atoms with van der Waals surface area (Å²) >= 11 is 1.50. The Morgan fingerprint density at radius 3 is 2.39 bits per heavy atom. The van der Waals surface area contributed by atoms with Crippen molar-refractivity contribution in [2.45, 2.75) is 57.3 Å². The molecule has 0 aliphatic carbocycles. The van der Waals surface area contributed by atoms with Crippen LogP contribution in [0.3, 0.4) is 0 Å². The van der Waals surface area contributed by atoms with Crippen LogP contribution in [0.25, 0.3) is 5.69 Å². The molecule has 1 aliphatic rings. The number of nitrogens with zero attached hydrogens (tertiary/aromatic N) is 4. The normalized spacial score (nSPS) is 19.5. The molecule has 1 saturated heterocycles. The minimum atomic E-state index is -0.497. The maximum atomic E-state index is 12.5. The van der Waals surface area contributed by atoms with Crippen LogP contribution in [0.2, 0.25) is 0 Å². The number of hydrogen-bond acceptors (Lipinski definition) is 6. The van der Waals surface area contributed by atoms with E-state index in [1.165, 1.54) is 11.8 Å². The summed E-state index contributed by atoms with van der Waals surface area (Å²) in [6.45, 7) is 5.74. The second kappa shape index (κ2) is 8.77. The summed E-state index contributed by atoms with van der Waals surface area (Å²) in [4.78, 5) is 26.7. The van der Waals surface area contributed by atoms with E-state index in [-0.39, 0.29) is 24.6 Å². The maximum absolute atomic E-state index is 12.5. The monoisotopic (exact) mass is 402 g/mol. The third-order valence-corrected chi connectivity index (χ3v) is 5.78. The van der Waals surface area contributed by atoms with Gasteiger partial charge in [-0.15, -0.1) is 10.2 Å². The van der Waals surface area contributed by atoms with E-state index in [4.69, 9.17) is 4.74 Å². The van der Waals surface area contributed by atoms with Crippen LogP contribution in [0, 0.1) is 6.92 Å². The fourth-order valence-corrected chi connectivity index (χ4v) is 4.26. The number of rotatable bonds is 5. The summed E-state index contributed by atoms with van der Waals surface area (Å²) in [5, 5.41) is 8.98. The van der Waals surface area contributed by atoms with Crippen LogP contribution in [0.4, 0.5) is 0 Å². The molecule has 150 valence electrons. The standard InChI is InChI=1S/C20H26N4O3S/c1-13-6-5-7-14(2)23(13)18(25)12-27-19(26)16-8-10-17(11-9-16)24-15(3)21-22-20(24)28-4/h8-11,13-14H,5-7,12H2,1-4H3/t13-,14-/m0/s1. The average molecular weight is 403 g/mol. The molecule has 1 aliphatic heterocycles. The molecule has 1 aromatic heterocycles. The first-order valence-electron chi connectivity index (χ1n) is 9.47. The quantitative estimate of drug-likeness (QED) is 0.564. The number of amides is 1. The smallest absolute Gasteiger partial charge is 0.338 e. The number of carbonyl (C=O) groups is 2. The van der Waals surface area contributed by atoms with Gasteiger partial charge < -0.3 is 9.64 Å². The summed E-state index contributed by atoms with van der Waals surface area (Å²) in [6, 6.07) is 7.40. The Morgan fingerprint density at radius 1 is 1.14 bits per heavy atom. The lowest BCUT2D eigenvalue weighted by molar-refractivity contribution is -0.140. The van der Waals surface area contributed by atoms with Crippen LogP contribution in [-0.2, 0) is 9.53 Å². The van der Waals surface area contributed by atoms with Gasteiger partial charge in [0.25, 0.3) is 5.91 Å². The van der Waals surface area contributed by atoms with E-state index < -0.39 is 5.97 Å². The van der Waals surface area contributed by atoms with Crippen molar-refractivity contribution < 1.29 is 14.3 Å². The molecule has 2 heterocycles. The highest BCUT2D eigenvalue weighted by molar-refractivity contribution is 7.98. The molecule has 0 spiro atoms. The maximum Gasteiger partial charge on any atom is 0.338 e. The number of aryl methyl sites for hydroxylation is 1. The Morgan fingerprint density at radius 2 is 1.79 bits per heavy atom. The average Bonchev–Trinajstić information content (AvgIpc) is 3.06. The van der Waals surface area contributed by atoms with Crippen LogP contribution in [0.1, 0.15) is 49.3 Å². The van der Waals surface area contributed by atoms with E-state index in [9.17, 15) is 9.59 Å². The first-order chi connectivity index (χ1) is 13.4. The van der Waals surface area contributed by atoms with Crippen LogP contribution >= 0.6 is 11.8 Å². The van der Waals surface area contributed by atoms with Gasteiger partial charge in [-0.2, -0.15) is 0 Å². The third-order valence-electron chi connectivity index (χ3n) is 5.15. The zero-order valence-electron chi connectivity index (χ0n) is 16.7. The number of carbonyl (C=O) groups excluding carboxylic acids is 2. The third kappa shape index (κ3) is 4.22. The predicted molar refractivity (Wildman–Crippen MR) is 108 cm³/mol. The Bertz CT molecular complexity index is 840. The van der Waals surface area contributed by atoms with Crippen molar-refractivity contribution in [1.29, 1.82) is 0 Å². The fraction of sp³-hybridized carbons (Fsp3) is 0.500. The van der Waals surface area contributed by atoms with Crippen molar-refractivity contribution >= 4 is 23.6 Å². The largest absolute Gasteiger partial charge is 0.452 e. The number of thioether (sulfide) groups is 1. The molecule has 0 N–H and O–H groups in total. The molecule has 1 amide bonds. The van der Waals surface area contributed by atoms with Gasteiger partial charge in [0.1, 0.15) is 5.82 Å².